The van der Waals surface area contributed by atoms with Crippen LogP contribution in [0.25, 0.3) is 11.0 Å². The van der Waals surface area contributed by atoms with E-state index in [-0.39, 0.29) is 5.56 Å². The second-order valence-corrected chi connectivity index (χ2v) is 4.01. The molecule has 2 rings (SSSR count). The second-order valence-electron chi connectivity index (χ2n) is 4.01. The lowest BCUT2D eigenvalue weighted by Gasteiger charge is -2.05. The minimum atomic E-state index is -0.917. The van der Waals surface area contributed by atoms with E-state index in [4.69, 9.17) is 5.11 Å². The van der Waals surface area contributed by atoms with E-state index in [9.17, 15) is 4.79 Å². The molecule has 17 heavy (non-hydrogen) atoms. The minimum Gasteiger partial charge on any atom is -0.478 e. The molecule has 0 radical (unpaired) electrons. The lowest BCUT2D eigenvalue weighted by molar-refractivity contribution is 0.0699. The first kappa shape index (κ1) is 11.6. The molecule has 0 aliphatic rings. The van der Waals surface area contributed by atoms with Crippen molar-refractivity contribution >= 4 is 17.0 Å². The first-order valence-corrected chi connectivity index (χ1v) is 5.90. The number of aryl methyl sites for hydroxylation is 2. The quantitative estimate of drug-likeness (QED) is 0.881. The van der Waals surface area contributed by atoms with Crippen molar-refractivity contribution in [1.82, 2.24) is 9.55 Å². The third kappa shape index (κ3) is 1.90. The number of nitrogens with zero attached hydrogens (tertiary/aromatic N) is 2. The Morgan fingerprint density at radius 2 is 2.18 bits per heavy atom. The number of carboxylic acid groups (broad SMARTS) is 1. The fourth-order valence-corrected chi connectivity index (χ4v) is 2.11. The van der Waals surface area contributed by atoms with Gasteiger partial charge in [0.05, 0.1) is 11.1 Å². The molecule has 0 unspecified atom stereocenters. The van der Waals surface area contributed by atoms with Crippen LogP contribution in [0, 0.1) is 0 Å². The van der Waals surface area contributed by atoms with E-state index < -0.39 is 5.97 Å². The van der Waals surface area contributed by atoms with Gasteiger partial charge in [0.1, 0.15) is 11.3 Å². The van der Waals surface area contributed by atoms with E-state index in [1.165, 1.54) is 0 Å². The molecule has 2 aromatic rings. The highest BCUT2D eigenvalue weighted by atomic mass is 16.4. The Hall–Kier alpha value is -1.84. The molecule has 0 saturated carbocycles. The number of para-hydroxylation sites is 1. The number of imidazole rings is 1. The zero-order valence-corrected chi connectivity index (χ0v) is 10.1. The third-order valence-corrected chi connectivity index (χ3v) is 2.85. The standard InChI is InChI=1S/C13H16N2O2/c1-3-8-15-10-7-5-6-9(13(16)17)12(10)14-11(15)4-2/h5-7H,3-4,8H2,1-2H3,(H,16,17). The van der Waals surface area contributed by atoms with Crippen molar-refractivity contribution in [1.29, 1.82) is 0 Å². The summed E-state index contributed by atoms with van der Waals surface area (Å²) < 4.78 is 2.11. The van der Waals surface area contributed by atoms with Crippen molar-refractivity contribution in [3.63, 3.8) is 0 Å². The summed E-state index contributed by atoms with van der Waals surface area (Å²) in [5, 5.41) is 9.14. The van der Waals surface area contributed by atoms with Crippen LogP contribution < -0.4 is 0 Å². The molecule has 0 aliphatic heterocycles. The summed E-state index contributed by atoms with van der Waals surface area (Å²) in [5.74, 6) is 0.0370. The van der Waals surface area contributed by atoms with Crippen LogP contribution in [0.5, 0.6) is 0 Å². The van der Waals surface area contributed by atoms with Gasteiger partial charge < -0.3 is 9.67 Å². The zero-order valence-electron chi connectivity index (χ0n) is 10.1. The monoisotopic (exact) mass is 232 g/mol. The van der Waals surface area contributed by atoms with Crippen LogP contribution in [-0.4, -0.2) is 20.6 Å². The fourth-order valence-electron chi connectivity index (χ4n) is 2.11. The van der Waals surface area contributed by atoms with E-state index in [0.717, 1.165) is 30.7 Å². The molecule has 1 heterocycles. The van der Waals surface area contributed by atoms with Crippen LogP contribution in [0.3, 0.4) is 0 Å². The molecule has 4 nitrogen and oxygen atoms in total. The normalized spacial score (nSPS) is 10.9. The Balaban J connectivity index is 2.72. The van der Waals surface area contributed by atoms with Crippen molar-refractivity contribution in [3.8, 4) is 0 Å². The fraction of sp³-hybridized carbons (Fsp3) is 0.385. The molecule has 1 N–H and O–H groups in total. The van der Waals surface area contributed by atoms with Gasteiger partial charge in [-0.25, -0.2) is 9.78 Å². The summed E-state index contributed by atoms with van der Waals surface area (Å²) in [5.41, 5.74) is 1.81. The van der Waals surface area contributed by atoms with Gasteiger partial charge in [0.25, 0.3) is 0 Å². The van der Waals surface area contributed by atoms with E-state index >= 15 is 0 Å². The Morgan fingerprint density at radius 3 is 2.76 bits per heavy atom. The summed E-state index contributed by atoms with van der Waals surface area (Å²) in [4.78, 5) is 15.6. The highest BCUT2D eigenvalue weighted by molar-refractivity contribution is 6.01. The number of carboxylic acids is 1. The average molecular weight is 232 g/mol. The van der Waals surface area contributed by atoms with Gasteiger partial charge in [-0.2, -0.15) is 0 Å². The summed E-state index contributed by atoms with van der Waals surface area (Å²) in [6.45, 7) is 5.02. The predicted octanol–water partition coefficient (Wildman–Crippen LogP) is 2.71. The molecule has 0 bridgehead atoms. The van der Waals surface area contributed by atoms with E-state index in [1.54, 1.807) is 12.1 Å². The number of carbonyl (C=O) groups is 1. The molecule has 0 atom stereocenters. The third-order valence-electron chi connectivity index (χ3n) is 2.85. The molecule has 90 valence electrons. The summed E-state index contributed by atoms with van der Waals surface area (Å²) in [7, 11) is 0. The number of hydrogen-bond acceptors (Lipinski definition) is 2. The number of fused-ring (bicyclic) bond motifs is 1. The van der Waals surface area contributed by atoms with Crippen molar-refractivity contribution in [2.45, 2.75) is 33.2 Å². The first-order valence-electron chi connectivity index (χ1n) is 5.90. The van der Waals surface area contributed by atoms with Gasteiger partial charge in [-0.3, -0.25) is 0 Å². The Bertz CT molecular complexity index is 558. The van der Waals surface area contributed by atoms with E-state index in [2.05, 4.69) is 16.5 Å². The van der Waals surface area contributed by atoms with Crippen LogP contribution in [0.1, 0.15) is 36.5 Å². The van der Waals surface area contributed by atoms with Crippen LogP contribution in [0.15, 0.2) is 18.2 Å². The Morgan fingerprint density at radius 1 is 1.41 bits per heavy atom. The van der Waals surface area contributed by atoms with Gasteiger partial charge in [0.15, 0.2) is 0 Å². The van der Waals surface area contributed by atoms with Gasteiger partial charge >= 0.3 is 5.97 Å². The van der Waals surface area contributed by atoms with Crippen molar-refractivity contribution < 1.29 is 9.90 Å². The van der Waals surface area contributed by atoms with Crippen LogP contribution >= 0.6 is 0 Å². The van der Waals surface area contributed by atoms with Gasteiger partial charge in [-0.1, -0.05) is 19.9 Å². The number of hydrogen-bond donors (Lipinski definition) is 1. The van der Waals surface area contributed by atoms with Gasteiger partial charge in [0, 0.05) is 13.0 Å². The zero-order chi connectivity index (χ0) is 12.4. The van der Waals surface area contributed by atoms with Crippen molar-refractivity contribution in [2.75, 3.05) is 0 Å². The molecular formula is C13H16N2O2. The number of benzene rings is 1. The summed E-state index contributed by atoms with van der Waals surface area (Å²) >= 11 is 0. The van der Waals surface area contributed by atoms with Crippen LogP contribution in [0.4, 0.5) is 0 Å². The van der Waals surface area contributed by atoms with Gasteiger partial charge in [-0.15, -0.1) is 0 Å². The lowest BCUT2D eigenvalue weighted by Crippen LogP contribution is -2.02. The predicted molar refractivity (Wildman–Crippen MR) is 66.4 cm³/mol. The molecule has 4 heteroatoms. The molecule has 0 saturated heterocycles. The second kappa shape index (κ2) is 4.57. The highest BCUT2D eigenvalue weighted by Gasteiger charge is 2.15. The maximum Gasteiger partial charge on any atom is 0.337 e. The number of aromatic nitrogens is 2. The minimum absolute atomic E-state index is 0.284. The van der Waals surface area contributed by atoms with E-state index in [1.807, 2.05) is 13.0 Å². The first-order chi connectivity index (χ1) is 8.19. The molecular weight excluding hydrogens is 216 g/mol. The summed E-state index contributed by atoms with van der Waals surface area (Å²) in [6.07, 6.45) is 1.82. The maximum atomic E-state index is 11.1. The Labute approximate surface area is 99.9 Å². The smallest absolute Gasteiger partial charge is 0.337 e. The van der Waals surface area contributed by atoms with Gasteiger partial charge in [-0.05, 0) is 18.6 Å². The molecule has 0 spiro atoms. The van der Waals surface area contributed by atoms with E-state index in [0.29, 0.717) is 5.52 Å². The summed E-state index contributed by atoms with van der Waals surface area (Å²) in [6, 6.07) is 5.32. The lowest BCUT2D eigenvalue weighted by atomic mass is 10.2. The number of aromatic carboxylic acids is 1. The SMILES string of the molecule is CCCn1c(CC)nc2c(C(=O)O)cccc21. The van der Waals surface area contributed by atoms with Gasteiger partial charge in [0.2, 0.25) is 0 Å². The van der Waals surface area contributed by atoms with Crippen molar-refractivity contribution in [3.05, 3.63) is 29.6 Å². The molecule has 0 fully saturated rings. The van der Waals surface area contributed by atoms with Crippen molar-refractivity contribution in [2.24, 2.45) is 0 Å². The average Bonchev–Trinajstić information content (AvgIpc) is 2.67. The molecule has 0 aliphatic carbocycles. The topological polar surface area (TPSA) is 55.1 Å². The number of rotatable bonds is 4. The largest absolute Gasteiger partial charge is 0.478 e. The molecule has 1 aromatic heterocycles. The van der Waals surface area contributed by atoms with Crippen LogP contribution in [0.2, 0.25) is 0 Å². The maximum absolute atomic E-state index is 11.1. The molecule has 1 aromatic carbocycles. The Kier molecular flexibility index (Phi) is 3.13. The molecule has 0 amide bonds. The van der Waals surface area contributed by atoms with Crippen LogP contribution in [-0.2, 0) is 13.0 Å². The highest BCUT2D eigenvalue weighted by Crippen LogP contribution is 2.21.